The predicted octanol–water partition coefficient (Wildman–Crippen LogP) is 2.37. The molecule has 6 heteroatoms. The second kappa shape index (κ2) is 10.8. The van der Waals surface area contributed by atoms with Crippen LogP contribution >= 0.6 is 0 Å². The van der Waals surface area contributed by atoms with Crippen molar-refractivity contribution in [2.45, 2.75) is 52.1 Å². The van der Waals surface area contributed by atoms with E-state index >= 15 is 0 Å². The molecule has 144 valence electrons. The van der Waals surface area contributed by atoms with Crippen molar-refractivity contribution in [2.75, 3.05) is 19.6 Å². The number of unbranched alkanes of at least 4 members (excludes halogenated alkanes) is 1. The summed E-state index contributed by atoms with van der Waals surface area (Å²) in [6, 6.07) is 8.00. The largest absolute Gasteiger partial charge is 0.352 e. The molecule has 0 aliphatic carbocycles. The number of hydrogen-bond acceptors (Lipinski definition) is 3. The summed E-state index contributed by atoms with van der Waals surface area (Å²) in [7, 11) is 0. The third-order valence-corrected chi connectivity index (χ3v) is 4.79. The van der Waals surface area contributed by atoms with E-state index in [2.05, 4.69) is 46.7 Å². The maximum atomic E-state index is 11.8. The molecule has 1 aliphatic rings. The smallest absolute Gasteiger partial charge is 0.312 e. The van der Waals surface area contributed by atoms with Crippen molar-refractivity contribution in [1.82, 2.24) is 15.5 Å². The Bertz CT molecular complexity index is 574. The van der Waals surface area contributed by atoms with Crippen molar-refractivity contribution < 1.29 is 9.59 Å². The van der Waals surface area contributed by atoms with E-state index in [0.717, 1.165) is 30.9 Å². The molecule has 1 aromatic carbocycles. The molecule has 26 heavy (non-hydrogen) atoms. The molecular formula is C20H32N4O2. The van der Waals surface area contributed by atoms with Crippen LogP contribution in [0.3, 0.4) is 0 Å². The number of likely N-dealkylation sites (tertiary alicyclic amines) is 1. The summed E-state index contributed by atoms with van der Waals surface area (Å²) in [6.45, 7) is 6.78. The van der Waals surface area contributed by atoms with Crippen molar-refractivity contribution in [3.63, 3.8) is 0 Å². The predicted molar refractivity (Wildman–Crippen MR) is 103 cm³/mol. The number of nitrogens with two attached hydrogens (primary N) is 1. The van der Waals surface area contributed by atoms with Crippen LogP contribution in [0.1, 0.15) is 50.2 Å². The molecule has 1 unspecified atom stereocenters. The number of rotatable bonds is 9. The van der Waals surface area contributed by atoms with E-state index in [0.29, 0.717) is 19.5 Å². The number of nitrogens with one attached hydrogen (secondary N) is 2. The molecule has 0 radical (unpaired) electrons. The van der Waals surface area contributed by atoms with Gasteiger partial charge in [0.2, 0.25) is 5.91 Å². The fraction of sp³-hybridized carbons (Fsp3) is 0.600. The number of piperidine rings is 1. The van der Waals surface area contributed by atoms with Gasteiger partial charge in [-0.15, -0.1) is 0 Å². The lowest BCUT2D eigenvalue weighted by Crippen LogP contribution is -2.33. The molecule has 6 nitrogen and oxygen atoms in total. The van der Waals surface area contributed by atoms with Gasteiger partial charge in [-0.1, -0.05) is 31.2 Å². The first-order chi connectivity index (χ1) is 12.5. The van der Waals surface area contributed by atoms with Crippen molar-refractivity contribution in [1.29, 1.82) is 0 Å². The number of hydrogen-bond donors (Lipinski definition) is 3. The average Bonchev–Trinajstić information content (AvgIpc) is 2.60. The molecule has 1 aromatic rings. The zero-order valence-electron chi connectivity index (χ0n) is 15.8. The molecule has 2 rings (SSSR count). The maximum absolute atomic E-state index is 11.8. The SMILES string of the molecule is CC1CCCN(Cc2ccc(CNC(=O)CCCCNC(N)=O)cc2)C1. The van der Waals surface area contributed by atoms with Gasteiger partial charge in [-0.05, 0) is 49.3 Å². The second-order valence-corrected chi connectivity index (χ2v) is 7.32. The summed E-state index contributed by atoms with van der Waals surface area (Å²) in [5, 5.41) is 5.46. The van der Waals surface area contributed by atoms with Crippen molar-refractivity contribution in [3.05, 3.63) is 35.4 Å². The Labute approximate surface area is 156 Å². The van der Waals surface area contributed by atoms with Crippen LogP contribution in [0, 0.1) is 5.92 Å². The summed E-state index contributed by atoms with van der Waals surface area (Å²) in [6.07, 6.45) is 4.59. The Kier molecular flexibility index (Phi) is 8.41. The van der Waals surface area contributed by atoms with E-state index in [-0.39, 0.29) is 5.91 Å². The van der Waals surface area contributed by atoms with E-state index < -0.39 is 6.03 Å². The van der Waals surface area contributed by atoms with Gasteiger partial charge in [0.1, 0.15) is 0 Å². The van der Waals surface area contributed by atoms with E-state index in [1.807, 2.05) is 0 Å². The van der Waals surface area contributed by atoms with Crippen LogP contribution in [-0.2, 0) is 17.9 Å². The second-order valence-electron chi connectivity index (χ2n) is 7.32. The number of primary amides is 1. The van der Waals surface area contributed by atoms with Crippen LogP contribution in [0.15, 0.2) is 24.3 Å². The summed E-state index contributed by atoms with van der Waals surface area (Å²) in [4.78, 5) is 24.9. The van der Waals surface area contributed by atoms with Crippen molar-refractivity contribution >= 4 is 11.9 Å². The van der Waals surface area contributed by atoms with Gasteiger partial charge in [0.25, 0.3) is 0 Å². The minimum absolute atomic E-state index is 0.0375. The highest BCUT2D eigenvalue weighted by atomic mass is 16.2. The van der Waals surface area contributed by atoms with Gasteiger partial charge in [0.05, 0.1) is 0 Å². The quantitative estimate of drug-likeness (QED) is 0.591. The number of carbonyl (C=O) groups excluding carboxylic acids is 2. The summed E-state index contributed by atoms with van der Waals surface area (Å²) in [5.74, 6) is 0.834. The molecule has 1 aliphatic heterocycles. The molecule has 0 aromatic heterocycles. The molecule has 4 N–H and O–H groups in total. The van der Waals surface area contributed by atoms with Crippen LogP contribution in [0.25, 0.3) is 0 Å². The number of carbonyl (C=O) groups is 2. The summed E-state index contributed by atoms with van der Waals surface area (Å²) < 4.78 is 0. The fourth-order valence-corrected chi connectivity index (χ4v) is 3.36. The number of amides is 3. The fourth-order valence-electron chi connectivity index (χ4n) is 3.36. The van der Waals surface area contributed by atoms with Gasteiger partial charge in [-0.3, -0.25) is 9.69 Å². The molecule has 1 fully saturated rings. The number of benzene rings is 1. The van der Waals surface area contributed by atoms with E-state index in [1.54, 1.807) is 0 Å². The lowest BCUT2D eigenvalue weighted by Gasteiger charge is -2.30. The zero-order valence-corrected chi connectivity index (χ0v) is 15.8. The molecule has 0 spiro atoms. The number of nitrogens with zero attached hydrogens (tertiary/aromatic N) is 1. The summed E-state index contributed by atoms with van der Waals surface area (Å²) >= 11 is 0. The van der Waals surface area contributed by atoms with E-state index in [9.17, 15) is 9.59 Å². The molecule has 3 amide bonds. The lowest BCUT2D eigenvalue weighted by molar-refractivity contribution is -0.121. The first-order valence-electron chi connectivity index (χ1n) is 9.63. The van der Waals surface area contributed by atoms with Gasteiger partial charge in [0.15, 0.2) is 0 Å². The average molecular weight is 361 g/mol. The topological polar surface area (TPSA) is 87.5 Å². The van der Waals surface area contributed by atoms with Crippen molar-refractivity contribution in [3.8, 4) is 0 Å². The Balaban J connectivity index is 1.63. The highest BCUT2D eigenvalue weighted by molar-refractivity contribution is 5.75. The van der Waals surface area contributed by atoms with Crippen LogP contribution in [0.2, 0.25) is 0 Å². The first kappa shape index (κ1) is 20.2. The van der Waals surface area contributed by atoms with Crippen molar-refractivity contribution in [2.24, 2.45) is 11.7 Å². The minimum atomic E-state index is -0.521. The Morgan fingerprint density at radius 2 is 1.88 bits per heavy atom. The van der Waals surface area contributed by atoms with Crippen LogP contribution in [0.5, 0.6) is 0 Å². The molecular weight excluding hydrogens is 328 g/mol. The maximum Gasteiger partial charge on any atom is 0.312 e. The Morgan fingerprint density at radius 3 is 2.58 bits per heavy atom. The summed E-state index contributed by atoms with van der Waals surface area (Å²) in [5.41, 5.74) is 7.43. The third-order valence-electron chi connectivity index (χ3n) is 4.79. The molecule has 0 saturated carbocycles. The van der Waals surface area contributed by atoms with E-state index in [1.165, 1.54) is 31.5 Å². The van der Waals surface area contributed by atoms with Gasteiger partial charge in [-0.25, -0.2) is 4.79 Å². The third kappa shape index (κ3) is 7.87. The van der Waals surface area contributed by atoms with Gasteiger partial charge < -0.3 is 16.4 Å². The van der Waals surface area contributed by atoms with E-state index in [4.69, 9.17) is 5.73 Å². The number of urea groups is 1. The van der Waals surface area contributed by atoms with Gasteiger partial charge >= 0.3 is 6.03 Å². The standard InChI is InChI=1S/C20H32N4O2/c1-16-5-4-12-24(14-16)15-18-9-7-17(8-10-18)13-23-19(25)6-2-3-11-22-20(21)26/h7-10,16H,2-6,11-15H2,1H3,(H,23,25)(H3,21,22,26). The molecule has 1 atom stereocenters. The molecule has 0 bridgehead atoms. The Morgan fingerprint density at radius 1 is 1.15 bits per heavy atom. The highest BCUT2D eigenvalue weighted by Gasteiger charge is 2.16. The highest BCUT2D eigenvalue weighted by Crippen LogP contribution is 2.18. The minimum Gasteiger partial charge on any atom is -0.352 e. The van der Waals surface area contributed by atoms with Gasteiger partial charge in [-0.2, -0.15) is 0 Å². The normalized spacial score (nSPS) is 17.7. The van der Waals surface area contributed by atoms with Crippen LogP contribution in [-0.4, -0.2) is 36.5 Å². The zero-order chi connectivity index (χ0) is 18.8. The van der Waals surface area contributed by atoms with Crippen LogP contribution < -0.4 is 16.4 Å². The van der Waals surface area contributed by atoms with Gasteiger partial charge in [0, 0.05) is 32.6 Å². The lowest BCUT2D eigenvalue weighted by atomic mass is 9.99. The Hall–Kier alpha value is -2.08. The molecule has 1 saturated heterocycles. The first-order valence-corrected chi connectivity index (χ1v) is 9.63. The monoisotopic (exact) mass is 360 g/mol. The molecule has 1 heterocycles. The van der Waals surface area contributed by atoms with Crippen LogP contribution in [0.4, 0.5) is 4.79 Å².